The summed E-state index contributed by atoms with van der Waals surface area (Å²) in [6, 6.07) is 5.92. The molecule has 0 aliphatic heterocycles. The average molecular weight is 308 g/mol. The van der Waals surface area contributed by atoms with Crippen LogP contribution in [0.1, 0.15) is 23.9 Å². The number of rotatable bonds is 6. The Labute approximate surface area is 126 Å². The summed E-state index contributed by atoms with van der Waals surface area (Å²) in [6.07, 6.45) is 2.51. The Bertz CT molecular complexity index is 585. The van der Waals surface area contributed by atoms with Crippen LogP contribution in [0.5, 0.6) is 0 Å². The van der Waals surface area contributed by atoms with Crippen LogP contribution in [0, 0.1) is 5.82 Å². The third-order valence-electron chi connectivity index (χ3n) is 2.76. The van der Waals surface area contributed by atoms with Gasteiger partial charge < -0.3 is 5.32 Å². The van der Waals surface area contributed by atoms with Crippen LogP contribution in [0.15, 0.2) is 24.3 Å². The molecule has 2 N–H and O–H groups in total. The van der Waals surface area contributed by atoms with E-state index in [1.807, 2.05) is 0 Å². The van der Waals surface area contributed by atoms with E-state index in [0.29, 0.717) is 18.1 Å². The molecule has 0 fully saturated rings. The molecule has 1 aromatic carbocycles. The molecule has 0 radical (unpaired) electrons. The molecule has 2 aromatic rings. The number of hydrogen-bond donors (Lipinski definition) is 2. The van der Waals surface area contributed by atoms with Gasteiger partial charge in [0.15, 0.2) is 0 Å². The Kier molecular flexibility index (Phi) is 5.62. The largest absolute Gasteiger partial charge is 0.337 e. The van der Waals surface area contributed by atoms with Crippen molar-refractivity contribution in [3.8, 4) is 0 Å². The third kappa shape index (κ3) is 5.11. The Morgan fingerprint density at radius 2 is 2.00 bits per heavy atom. The van der Waals surface area contributed by atoms with Gasteiger partial charge in [-0.05, 0) is 30.5 Å². The first kappa shape index (κ1) is 15.4. The van der Waals surface area contributed by atoms with E-state index in [9.17, 15) is 9.18 Å². The summed E-state index contributed by atoms with van der Waals surface area (Å²) in [5.74, 6) is -0.261. The molecule has 0 aliphatic rings. The molecule has 0 spiro atoms. The maximum Gasteiger partial charge on any atom is 0.321 e. The molecule has 7 heteroatoms. The second kappa shape index (κ2) is 7.68. The van der Waals surface area contributed by atoms with E-state index in [2.05, 4.69) is 27.8 Å². The van der Waals surface area contributed by atoms with Crippen LogP contribution in [-0.4, -0.2) is 22.8 Å². The molecule has 112 valence electrons. The summed E-state index contributed by atoms with van der Waals surface area (Å²) in [4.78, 5) is 11.7. The third-order valence-corrected chi connectivity index (χ3v) is 3.66. The Morgan fingerprint density at radius 3 is 2.71 bits per heavy atom. The number of aryl methyl sites for hydroxylation is 1. The van der Waals surface area contributed by atoms with E-state index in [1.54, 1.807) is 12.1 Å². The van der Waals surface area contributed by atoms with Crippen molar-refractivity contribution in [1.29, 1.82) is 0 Å². The fourth-order valence-corrected chi connectivity index (χ4v) is 2.57. The number of aromatic nitrogens is 2. The molecule has 0 saturated heterocycles. The van der Waals surface area contributed by atoms with E-state index >= 15 is 0 Å². The van der Waals surface area contributed by atoms with Gasteiger partial charge in [-0.3, -0.25) is 5.32 Å². The van der Waals surface area contributed by atoms with E-state index in [1.165, 1.54) is 23.5 Å². The van der Waals surface area contributed by atoms with Gasteiger partial charge in [0.25, 0.3) is 0 Å². The minimum Gasteiger partial charge on any atom is -0.337 e. The number of hydrogen-bond acceptors (Lipinski definition) is 4. The Morgan fingerprint density at radius 1 is 1.24 bits per heavy atom. The number of benzene rings is 1. The van der Waals surface area contributed by atoms with Crippen molar-refractivity contribution in [3.63, 3.8) is 0 Å². The predicted molar refractivity (Wildman–Crippen MR) is 81.0 cm³/mol. The summed E-state index contributed by atoms with van der Waals surface area (Å²) in [6.45, 7) is 2.54. The van der Waals surface area contributed by atoms with Gasteiger partial charge in [-0.2, -0.15) is 0 Å². The van der Waals surface area contributed by atoms with Gasteiger partial charge in [-0.15, -0.1) is 10.2 Å². The van der Waals surface area contributed by atoms with Crippen molar-refractivity contribution in [2.24, 2.45) is 0 Å². The molecule has 1 aromatic heterocycles. The lowest BCUT2D eigenvalue weighted by Crippen LogP contribution is -2.30. The van der Waals surface area contributed by atoms with Crippen LogP contribution >= 0.6 is 11.3 Å². The van der Waals surface area contributed by atoms with Crippen molar-refractivity contribution >= 4 is 22.5 Å². The van der Waals surface area contributed by atoms with E-state index in [4.69, 9.17) is 0 Å². The highest BCUT2D eigenvalue weighted by atomic mass is 32.1. The van der Waals surface area contributed by atoms with Crippen molar-refractivity contribution in [2.75, 3.05) is 11.9 Å². The van der Waals surface area contributed by atoms with Crippen molar-refractivity contribution in [1.82, 2.24) is 15.5 Å². The van der Waals surface area contributed by atoms with E-state index in [0.717, 1.165) is 23.4 Å². The molecule has 0 aliphatic carbocycles. The predicted octanol–water partition coefficient (Wildman–Crippen LogP) is 2.99. The summed E-state index contributed by atoms with van der Waals surface area (Å²) < 4.78 is 12.7. The lowest BCUT2D eigenvalue weighted by molar-refractivity contribution is 0.252. The molecule has 5 nitrogen and oxygen atoms in total. The topological polar surface area (TPSA) is 66.9 Å². The second-order valence-corrected chi connectivity index (χ2v) is 5.57. The lowest BCUT2D eigenvalue weighted by atomic mass is 10.1. The molecule has 1 heterocycles. The van der Waals surface area contributed by atoms with Gasteiger partial charge in [0, 0.05) is 13.0 Å². The number of carbonyl (C=O) groups is 1. The fraction of sp³-hybridized carbons (Fsp3) is 0.357. The summed E-state index contributed by atoms with van der Waals surface area (Å²) >= 11 is 1.38. The maximum atomic E-state index is 12.7. The first-order valence-electron chi connectivity index (χ1n) is 6.79. The van der Waals surface area contributed by atoms with Crippen LogP contribution in [-0.2, 0) is 12.8 Å². The van der Waals surface area contributed by atoms with Crippen molar-refractivity contribution < 1.29 is 9.18 Å². The smallest absolute Gasteiger partial charge is 0.321 e. The molecule has 0 bridgehead atoms. The number of carbonyl (C=O) groups excluding carboxylic acids is 1. The van der Waals surface area contributed by atoms with Crippen LogP contribution in [0.2, 0.25) is 0 Å². The second-order valence-electron chi connectivity index (χ2n) is 4.51. The zero-order valence-electron chi connectivity index (χ0n) is 11.7. The zero-order chi connectivity index (χ0) is 15.1. The average Bonchev–Trinajstić information content (AvgIpc) is 2.89. The SMILES string of the molecule is CCCc1nnc(NC(=O)NCCc2ccc(F)cc2)s1. The Balaban J connectivity index is 1.72. The molecular weight excluding hydrogens is 291 g/mol. The lowest BCUT2D eigenvalue weighted by Gasteiger charge is -2.05. The van der Waals surface area contributed by atoms with Crippen LogP contribution in [0.25, 0.3) is 0 Å². The monoisotopic (exact) mass is 308 g/mol. The van der Waals surface area contributed by atoms with Gasteiger partial charge in [-0.1, -0.05) is 30.4 Å². The highest BCUT2D eigenvalue weighted by Gasteiger charge is 2.07. The normalized spacial score (nSPS) is 10.4. The number of nitrogens with zero attached hydrogens (tertiary/aromatic N) is 2. The van der Waals surface area contributed by atoms with E-state index in [-0.39, 0.29) is 11.8 Å². The molecule has 21 heavy (non-hydrogen) atoms. The number of anilines is 1. The minimum absolute atomic E-state index is 0.261. The van der Waals surface area contributed by atoms with Crippen molar-refractivity contribution in [2.45, 2.75) is 26.2 Å². The van der Waals surface area contributed by atoms with Gasteiger partial charge in [-0.25, -0.2) is 9.18 Å². The summed E-state index contributed by atoms with van der Waals surface area (Å²) in [7, 11) is 0. The van der Waals surface area contributed by atoms with Gasteiger partial charge >= 0.3 is 6.03 Å². The highest BCUT2D eigenvalue weighted by Crippen LogP contribution is 2.16. The number of urea groups is 1. The van der Waals surface area contributed by atoms with Gasteiger partial charge in [0.1, 0.15) is 10.8 Å². The molecule has 2 rings (SSSR count). The quantitative estimate of drug-likeness (QED) is 0.862. The fourth-order valence-electron chi connectivity index (χ4n) is 1.73. The summed E-state index contributed by atoms with van der Waals surface area (Å²) in [5, 5.41) is 14.7. The minimum atomic E-state index is -0.309. The number of nitrogens with one attached hydrogen (secondary N) is 2. The van der Waals surface area contributed by atoms with E-state index < -0.39 is 0 Å². The van der Waals surface area contributed by atoms with Crippen LogP contribution in [0.3, 0.4) is 0 Å². The first-order chi connectivity index (χ1) is 10.2. The summed E-state index contributed by atoms with van der Waals surface area (Å²) in [5.41, 5.74) is 0.970. The number of amides is 2. The number of halogens is 1. The van der Waals surface area contributed by atoms with Crippen LogP contribution in [0.4, 0.5) is 14.3 Å². The molecule has 2 amide bonds. The maximum absolute atomic E-state index is 12.7. The van der Waals surface area contributed by atoms with Crippen LogP contribution < -0.4 is 10.6 Å². The molecule has 0 saturated carbocycles. The molecule has 0 atom stereocenters. The Hall–Kier alpha value is -2.02. The first-order valence-corrected chi connectivity index (χ1v) is 7.60. The standard InChI is InChI=1S/C14H17FN4OS/c1-2-3-12-18-19-14(21-12)17-13(20)16-9-8-10-4-6-11(15)7-5-10/h4-7H,2-3,8-9H2,1H3,(H2,16,17,19,20). The van der Waals surface area contributed by atoms with Crippen molar-refractivity contribution in [3.05, 3.63) is 40.7 Å². The van der Waals surface area contributed by atoms with Gasteiger partial charge in [0.05, 0.1) is 0 Å². The van der Waals surface area contributed by atoms with Gasteiger partial charge in [0.2, 0.25) is 5.13 Å². The zero-order valence-corrected chi connectivity index (χ0v) is 12.5. The highest BCUT2D eigenvalue weighted by molar-refractivity contribution is 7.15. The molecular formula is C14H17FN4OS. The molecule has 0 unspecified atom stereocenters.